The topological polar surface area (TPSA) is 21.3 Å². The molecule has 0 aliphatic carbocycles. The Balaban J connectivity index is 2.32. The van der Waals surface area contributed by atoms with E-state index >= 15 is 0 Å². The minimum absolute atomic E-state index is 0.516. The number of nitrogens with one attached hydrogen (secondary N) is 1. The zero-order chi connectivity index (χ0) is 15.2. The molecule has 0 aliphatic heterocycles. The molecule has 21 heavy (non-hydrogen) atoms. The van der Waals surface area contributed by atoms with Crippen molar-refractivity contribution in [2.75, 3.05) is 14.2 Å². The summed E-state index contributed by atoms with van der Waals surface area (Å²) in [5.74, 6) is 1.61. The minimum Gasteiger partial charge on any atom is -0.497 e. The molecule has 0 saturated carbocycles. The Hall–Kier alpha value is -1.54. The Morgan fingerprint density at radius 1 is 1.19 bits per heavy atom. The molecule has 0 aromatic heterocycles. The molecule has 0 aliphatic rings. The van der Waals surface area contributed by atoms with E-state index in [9.17, 15) is 0 Å². The Morgan fingerprint density at radius 3 is 2.67 bits per heavy atom. The van der Waals surface area contributed by atoms with Gasteiger partial charge in [0.15, 0.2) is 0 Å². The summed E-state index contributed by atoms with van der Waals surface area (Å²) in [7, 11) is 3.80. The quantitative estimate of drug-likeness (QED) is 0.813. The number of fused-ring (bicyclic) bond motifs is 1. The Kier molecular flexibility index (Phi) is 5.63. The zero-order valence-corrected chi connectivity index (χ0v) is 13.6. The first-order valence-electron chi connectivity index (χ1n) is 7.92. The number of methoxy groups -OCH3 is 1. The third-order valence-electron chi connectivity index (χ3n) is 4.42. The highest BCUT2D eigenvalue weighted by molar-refractivity contribution is 5.87. The maximum Gasteiger partial charge on any atom is 0.119 e. The fourth-order valence-corrected chi connectivity index (χ4v) is 3.10. The summed E-state index contributed by atoms with van der Waals surface area (Å²) in [5, 5.41) is 6.09. The largest absolute Gasteiger partial charge is 0.497 e. The first-order valence-corrected chi connectivity index (χ1v) is 7.92. The van der Waals surface area contributed by atoms with E-state index in [1.807, 2.05) is 6.07 Å². The molecule has 114 valence electrons. The minimum atomic E-state index is 0.516. The van der Waals surface area contributed by atoms with Crippen molar-refractivity contribution in [3.8, 4) is 5.75 Å². The van der Waals surface area contributed by atoms with Gasteiger partial charge < -0.3 is 10.1 Å². The van der Waals surface area contributed by atoms with Crippen molar-refractivity contribution in [2.24, 2.45) is 5.92 Å². The van der Waals surface area contributed by atoms with Crippen LogP contribution in [0.2, 0.25) is 0 Å². The number of ether oxygens (including phenoxy) is 1. The zero-order valence-electron chi connectivity index (χ0n) is 13.6. The normalized spacial score (nSPS) is 14.1. The van der Waals surface area contributed by atoms with E-state index in [4.69, 9.17) is 4.74 Å². The molecule has 2 rings (SSSR count). The van der Waals surface area contributed by atoms with Gasteiger partial charge in [0.05, 0.1) is 7.11 Å². The molecule has 1 N–H and O–H groups in total. The first-order chi connectivity index (χ1) is 10.2. The van der Waals surface area contributed by atoms with Crippen LogP contribution in [-0.4, -0.2) is 20.2 Å². The lowest BCUT2D eigenvalue weighted by molar-refractivity contribution is 0.372. The van der Waals surface area contributed by atoms with Gasteiger partial charge in [-0.2, -0.15) is 0 Å². The average molecular weight is 285 g/mol. The number of hydrogen-bond donors (Lipinski definition) is 1. The Bertz CT molecular complexity index is 579. The third kappa shape index (κ3) is 3.76. The van der Waals surface area contributed by atoms with Crippen LogP contribution < -0.4 is 10.1 Å². The van der Waals surface area contributed by atoms with Gasteiger partial charge in [-0.15, -0.1) is 0 Å². The SMILES string of the molecule is CCCC(C)C(Cc1cccc2ccc(OC)cc12)NC. The number of hydrogen-bond acceptors (Lipinski definition) is 2. The lowest BCUT2D eigenvalue weighted by Gasteiger charge is -2.24. The molecule has 0 radical (unpaired) electrons. The van der Waals surface area contributed by atoms with Gasteiger partial charge >= 0.3 is 0 Å². The van der Waals surface area contributed by atoms with Crippen LogP contribution in [-0.2, 0) is 6.42 Å². The number of benzene rings is 2. The molecule has 0 amide bonds. The highest BCUT2D eigenvalue weighted by Crippen LogP contribution is 2.26. The summed E-state index contributed by atoms with van der Waals surface area (Å²) in [4.78, 5) is 0. The van der Waals surface area contributed by atoms with Crippen LogP contribution in [0.4, 0.5) is 0 Å². The van der Waals surface area contributed by atoms with Gasteiger partial charge in [0.25, 0.3) is 0 Å². The first kappa shape index (κ1) is 15.8. The summed E-state index contributed by atoms with van der Waals surface area (Å²) >= 11 is 0. The second kappa shape index (κ2) is 7.46. The molecule has 2 heteroatoms. The lowest BCUT2D eigenvalue weighted by atomic mass is 9.90. The van der Waals surface area contributed by atoms with E-state index < -0.39 is 0 Å². The number of rotatable bonds is 7. The van der Waals surface area contributed by atoms with Crippen molar-refractivity contribution in [1.29, 1.82) is 0 Å². The van der Waals surface area contributed by atoms with Crippen LogP contribution >= 0.6 is 0 Å². The van der Waals surface area contributed by atoms with Crippen LogP contribution in [0.5, 0.6) is 5.75 Å². The predicted molar refractivity (Wildman–Crippen MR) is 91.1 cm³/mol. The molecule has 2 unspecified atom stereocenters. The van der Waals surface area contributed by atoms with E-state index in [2.05, 4.69) is 56.5 Å². The monoisotopic (exact) mass is 285 g/mol. The highest BCUT2D eigenvalue weighted by atomic mass is 16.5. The summed E-state index contributed by atoms with van der Waals surface area (Å²) in [6.45, 7) is 4.60. The molecule has 2 atom stereocenters. The van der Waals surface area contributed by atoms with Crippen LogP contribution in [0.15, 0.2) is 36.4 Å². The van der Waals surface area contributed by atoms with Gasteiger partial charge in [0.2, 0.25) is 0 Å². The van der Waals surface area contributed by atoms with Crippen LogP contribution in [0, 0.1) is 5.92 Å². The summed E-state index contributed by atoms with van der Waals surface area (Å²) in [6, 6.07) is 13.4. The summed E-state index contributed by atoms with van der Waals surface area (Å²) < 4.78 is 5.38. The van der Waals surface area contributed by atoms with Gasteiger partial charge in [-0.05, 0) is 54.3 Å². The smallest absolute Gasteiger partial charge is 0.119 e. The molecule has 0 saturated heterocycles. The Labute approximate surface area is 128 Å². The van der Waals surface area contributed by atoms with Crippen molar-refractivity contribution in [2.45, 2.75) is 39.2 Å². The summed E-state index contributed by atoms with van der Waals surface area (Å²) in [5.41, 5.74) is 1.40. The molecule has 2 nitrogen and oxygen atoms in total. The predicted octanol–water partition coefficient (Wildman–Crippen LogP) is 4.42. The molecule has 0 spiro atoms. The van der Waals surface area contributed by atoms with Gasteiger partial charge in [0.1, 0.15) is 5.75 Å². The van der Waals surface area contributed by atoms with Crippen LogP contribution in [0.3, 0.4) is 0 Å². The maximum absolute atomic E-state index is 5.38. The second-order valence-electron chi connectivity index (χ2n) is 5.87. The van der Waals surface area contributed by atoms with Crippen LogP contribution in [0.25, 0.3) is 10.8 Å². The van der Waals surface area contributed by atoms with Gasteiger partial charge in [-0.1, -0.05) is 44.5 Å². The molecular formula is C19H27NO. The summed E-state index contributed by atoms with van der Waals surface area (Å²) in [6.07, 6.45) is 3.56. The van der Waals surface area contributed by atoms with E-state index in [0.717, 1.165) is 12.2 Å². The van der Waals surface area contributed by atoms with E-state index in [-0.39, 0.29) is 0 Å². The van der Waals surface area contributed by atoms with Gasteiger partial charge in [-0.25, -0.2) is 0 Å². The fraction of sp³-hybridized carbons (Fsp3) is 0.474. The molecule has 0 heterocycles. The second-order valence-corrected chi connectivity index (χ2v) is 5.87. The van der Waals surface area contributed by atoms with Crippen molar-refractivity contribution >= 4 is 10.8 Å². The van der Waals surface area contributed by atoms with Gasteiger partial charge in [-0.3, -0.25) is 0 Å². The maximum atomic E-state index is 5.38. The van der Waals surface area contributed by atoms with Crippen molar-refractivity contribution in [3.63, 3.8) is 0 Å². The van der Waals surface area contributed by atoms with Crippen molar-refractivity contribution in [3.05, 3.63) is 42.0 Å². The Morgan fingerprint density at radius 2 is 2.00 bits per heavy atom. The third-order valence-corrected chi connectivity index (χ3v) is 4.42. The van der Waals surface area contributed by atoms with E-state index in [0.29, 0.717) is 12.0 Å². The van der Waals surface area contributed by atoms with E-state index in [1.54, 1.807) is 7.11 Å². The van der Waals surface area contributed by atoms with Crippen molar-refractivity contribution in [1.82, 2.24) is 5.32 Å². The van der Waals surface area contributed by atoms with Crippen LogP contribution in [0.1, 0.15) is 32.3 Å². The molecule has 2 aromatic carbocycles. The standard InChI is InChI=1S/C19H27NO/c1-5-7-14(2)19(20-3)12-16-9-6-8-15-10-11-17(21-4)13-18(15)16/h6,8-11,13-14,19-20H,5,7,12H2,1-4H3. The average Bonchev–Trinajstić information content (AvgIpc) is 2.52. The molecule has 0 bridgehead atoms. The van der Waals surface area contributed by atoms with Gasteiger partial charge in [0, 0.05) is 6.04 Å². The lowest BCUT2D eigenvalue weighted by Crippen LogP contribution is -2.34. The molecular weight excluding hydrogens is 258 g/mol. The van der Waals surface area contributed by atoms with Crippen molar-refractivity contribution < 1.29 is 4.74 Å². The molecule has 0 fully saturated rings. The highest BCUT2D eigenvalue weighted by Gasteiger charge is 2.16. The number of likely N-dealkylation sites (N-methyl/N-ethyl adjacent to an activating group) is 1. The van der Waals surface area contributed by atoms with E-state index in [1.165, 1.54) is 29.2 Å². The fourth-order valence-electron chi connectivity index (χ4n) is 3.10. The molecule has 2 aromatic rings.